The highest BCUT2D eigenvalue weighted by molar-refractivity contribution is 8.07. The van der Waals surface area contributed by atoms with Crippen molar-refractivity contribution in [1.29, 1.82) is 0 Å². The number of nitrogens with one attached hydrogen (secondary N) is 2. The highest BCUT2D eigenvalue weighted by Gasteiger charge is 2.49. The highest BCUT2D eigenvalue weighted by atomic mass is 32.5. The minimum atomic E-state index is -4.23. The molecule has 37 heavy (non-hydrogen) atoms. The Balaban J connectivity index is 1.43. The van der Waals surface area contributed by atoms with Crippen molar-refractivity contribution in [3.63, 3.8) is 0 Å². The molecule has 4 heterocycles. The third kappa shape index (κ3) is 5.74. The molecule has 0 amide bonds. The Labute approximate surface area is 210 Å². The minimum Gasteiger partial charge on any atom is -0.394 e. The summed E-state index contributed by atoms with van der Waals surface area (Å²) in [7, 11) is 0. The van der Waals surface area contributed by atoms with Crippen LogP contribution in [0.15, 0.2) is 43.7 Å². The van der Waals surface area contributed by atoms with Gasteiger partial charge >= 0.3 is 18.1 Å². The van der Waals surface area contributed by atoms with Crippen molar-refractivity contribution in [2.75, 3.05) is 13.2 Å². The van der Waals surface area contributed by atoms with Gasteiger partial charge in [-0.3, -0.25) is 33.2 Å². The predicted octanol–water partition coefficient (Wildman–Crippen LogP) is -4.42. The van der Waals surface area contributed by atoms with Crippen LogP contribution in [0.25, 0.3) is 0 Å². The maximum absolute atomic E-state index is 12.1. The SMILES string of the molecule is O=c1ccn([C@@H]2O[C@H](COP(O)(=S)O[C@H]3[C@@H](O)[C@H](n4ccc(=O)[nH]c4=O)O[C@@H]3CO)[C@@H](O)[C@H]2O)c(=O)[nH]1. The van der Waals surface area contributed by atoms with Gasteiger partial charge in [0.25, 0.3) is 11.1 Å². The molecule has 0 radical (unpaired) electrons. The molecule has 17 nitrogen and oxygen atoms in total. The number of H-pyrrole nitrogens is 2. The summed E-state index contributed by atoms with van der Waals surface area (Å²) in [6, 6.07) is 2.02. The lowest BCUT2D eigenvalue weighted by Crippen LogP contribution is -2.39. The van der Waals surface area contributed by atoms with Gasteiger partial charge in [0.05, 0.1) is 13.2 Å². The van der Waals surface area contributed by atoms with E-state index in [4.69, 9.17) is 30.3 Å². The van der Waals surface area contributed by atoms with Crippen molar-refractivity contribution >= 4 is 18.5 Å². The summed E-state index contributed by atoms with van der Waals surface area (Å²) in [5.41, 5.74) is -3.18. The number of hydrogen-bond donors (Lipinski definition) is 7. The lowest BCUT2D eigenvalue weighted by Gasteiger charge is -2.26. The summed E-state index contributed by atoms with van der Waals surface area (Å²) in [4.78, 5) is 61.1. The Morgan fingerprint density at radius 2 is 1.41 bits per heavy atom. The van der Waals surface area contributed by atoms with Crippen LogP contribution >= 0.6 is 6.72 Å². The molecule has 0 spiro atoms. The average Bonchev–Trinajstić information content (AvgIpc) is 3.28. The van der Waals surface area contributed by atoms with Gasteiger partial charge in [-0.2, -0.15) is 0 Å². The fourth-order valence-electron chi connectivity index (χ4n) is 3.93. The summed E-state index contributed by atoms with van der Waals surface area (Å²) in [6.07, 6.45) is -9.58. The van der Waals surface area contributed by atoms with Crippen molar-refractivity contribution in [2.45, 2.75) is 49.1 Å². The molecule has 2 aromatic rings. The van der Waals surface area contributed by atoms with Crippen LogP contribution in [0.2, 0.25) is 0 Å². The van der Waals surface area contributed by atoms with Crippen molar-refractivity contribution < 1.29 is 43.8 Å². The van der Waals surface area contributed by atoms with Crippen LogP contribution in [0.4, 0.5) is 0 Å². The van der Waals surface area contributed by atoms with Gasteiger partial charge in [0, 0.05) is 24.5 Å². The third-order valence-corrected chi connectivity index (χ3v) is 7.29. The van der Waals surface area contributed by atoms with Crippen LogP contribution < -0.4 is 22.5 Å². The first-order chi connectivity index (χ1) is 17.4. The number of rotatable bonds is 8. The lowest BCUT2D eigenvalue weighted by atomic mass is 10.1. The summed E-state index contributed by atoms with van der Waals surface area (Å²) < 4.78 is 23.1. The Morgan fingerprint density at radius 3 is 1.92 bits per heavy atom. The van der Waals surface area contributed by atoms with E-state index < -0.39 is 91.5 Å². The summed E-state index contributed by atoms with van der Waals surface area (Å²) in [6.45, 7) is -5.56. The Hall–Kier alpha value is -2.35. The molecule has 0 aromatic carbocycles. The summed E-state index contributed by atoms with van der Waals surface area (Å²) in [5, 5.41) is 40.9. The zero-order chi connectivity index (χ0) is 27.1. The molecule has 4 rings (SSSR count). The van der Waals surface area contributed by atoms with Gasteiger partial charge in [0.2, 0.25) is 0 Å². The molecular formula is C18H23N4O13PS. The van der Waals surface area contributed by atoms with Gasteiger partial charge in [-0.15, -0.1) is 0 Å². The van der Waals surface area contributed by atoms with E-state index in [9.17, 15) is 44.5 Å². The summed E-state index contributed by atoms with van der Waals surface area (Å²) in [5.74, 6) is 0. The zero-order valence-corrected chi connectivity index (χ0v) is 20.3. The fourth-order valence-corrected chi connectivity index (χ4v) is 5.38. The van der Waals surface area contributed by atoms with Crippen LogP contribution in [0.3, 0.4) is 0 Å². The van der Waals surface area contributed by atoms with E-state index in [2.05, 4.69) is 0 Å². The van der Waals surface area contributed by atoms with Crippen LogP contribution in [0, 0.1) is 0 Å². The number of aliphatic hydroxyl groups excluding tert-OH is 4. The minimum absolute atomic E-state index is 0.628. The molecule has 0 aliphatic carbocycles. The van der Waals surface area contributed by atoms with Crippen molar-refractivity contribution in [3.05, 3.63) is 66.2 Å². The van der Waals surface area contributed by atoms with E-state index in [-0.39, 0.29) is 0 Å². The van der Waals surface area contributed by atoms with Gasteiger partial charge in [0.1, 0.15) is 36.6 Å². The van der Waals surface area contributed by atoms with E-state index in [0.717, 1.165) is 33.7 Å². The van der Waals surface area contributed by atoms with E-state index in [1.807, 2.05) is 9.97 Å². The van der Waals surface area contributed by atoms with Crippen LogP contribution in [0.1, 0.15) is 12.5 Å². The van der Waals surface area contributed by atoms with E-state index in [0.29, 0.717) is 0 Å². The van der Waals surface area contributed by atoms with Gasteiger partial charge < -0.3 is 39.3 Å². The number of aromatic nitrogens is 4. The topological polar surface area (TPSA) is 248 Å². The molecule has 0 bridgehead atoms. The molecule has 204 valence electrons. The Morgan fingerprint density at radius 1 is 0.892 bits per heavy atom. The molecule has 19 heteroatoms. The molecule has 2 aliphatic heterocycles. The number of hydrogen-bond acceptors (Lipinski definition) is 13. The second kappa shape index (κ2) is 10.8. The molecule has 2 aliphatic rings. The van der Waals surface area contributed by atoms with Crippen molar-refractivity contribution in [2.24, 2.45) is 0 Å². The summed E-state index contributed by atoms with van der Waals surface area (Å²) >= 11 is 4.96. The van der Waals surface area contributed by atoms with E-state index in [1.165, 1.54) is 0 Å². The van der Waals surface area contributed by atoms with Crippen LogP contribution in [0.5, 0.6) is 0 Å². The van der Waals surface area contributed by atoms with E-state index in [1.54, 1.807) is 0 Å². The largest absolute Gasteiger partial charge is 0.394 e. The predicted molar refractivity (Wildman–Crippen MR) is 123 cm³/mol. The highest BCUT2D eigenvalue weighted by Crippen LogP contribution is 2.49. The third-order valence-electron chi connectivity index (χ3n) is 5.73. The van der Waals surface area contributed by atoms with Gasteiger partial charge in [-0.1, -0.05) is 0 Å². The maximum atomic E-state index is 12.1. The molecule has 7 N–H and O–H groups in total. The van der Waals surface area contributed by atoms with Gasteiger partial charge in [-0.05, 0) is 11.8 Å². The molecule has 1 unspecified atom stereocenters. The second-order valence-corrected chi connectivity index (χ2v) is 10.9. The lowest BCUT2D eigenvalue weighted by molar-refractivity contribution is -0.0583. The molecule has 2 saturated heterocycles. The number of aromatic amines is 2. The van der Waals surface area contributed by atoms with Crippen LogP contribution in [-0.4, -0.2) is 94.3 Å². The standard InChI is InChI=1S/C18H23N4O13PS/c23-5-7-14(13(28)16(33-7)22-4-2-10(25)20-18(22)30)35-36(31,37)32-6-8-11(26)12(27)15(34-8)21-3-1-9(24)19-17(21)29/h1-4,7-8,11-16,23,26-28H,5-6H2,(H,31,37)(H,19,24,29)(H,20,25,30)/t7-,8-,11-,12-,13-,14-,15-,16-,36?/m1/s1. The van der Waals surface area contributed by atoms with E-state index >= 15 is 0 Å². The fraction of sp³-hybridized carbons (Fsp3) is 0.556. The number of nitrogens with zero attached hydrogens (tertiary/aromatic N) is 2. The first-order valence-electron chi connectivity index (χ1n) is 10.7. The number of aliphatic hydroxyl groups is 4. The molecule has 9 atom stereocenters. The van der Waals surface area contributed by atoms with Crippen molar-refractivity contribution in [3.8, 4) is 0 Å². The number of ether oxygens (including phenoxy) is 2. The first kappa shape index (κ1) is 27.7. The maximum Gasteiger partial charge on any atom is 0.330 e. The first-order valence-corrected chi connectivity index (χ1v) is 13.3. The van der Waals surface area contributed by atoms with Crippen molar-refractivity contribution in [1.82, 2.24) is 19.1 Å². The Kier molecular flexibility index (Phi) is 8.07. The average molecular weight is 566 g/mol. The molecular weight excluding hydrogens is 543 g/mol. The Bertz CT molecular complexity index is 1410. The second-order valence-electron chi connectivity index (χ2n) is 8.15. The van der Waals surface area contributed by atoms with Crippen LogP contribution in [-0.2, 0) is 30.3 Å². The zero-order valence-electron chi connectivity index (χ0n) is 18.6. The smallest absolute Gasteiger partial charge is 0.330 e. The van der Waals surface area contributed by atoms with Gasteiger partial charge in [0.15, 0.2) is 12.5 Å². The van der Waals surface area contributed by atoms with Gasteiger partial charge in [-0.25, -0.2) is 9.59 Å². The monoisotopic (exact) mass is 566 g/mol. The molecule has 2 aromatic heterocycles. The molecule has 2 fully saturated rings. The normalized spacial score (nSPS) is 33.4. The molecule has 0 saturated carbocycles. The quantitative estimate of drug-likeness (QED) is 0.149.